The third kappa shape index (κ3) is 7.82. The van der Waals surface area contributed by atoms with Gasteiger partial charge in [-0.15, -0.1) is 0 Å². The van der Waals surface area contributed by atoms with E-state index >= 15 is 0 Å². The first-order valence-corrected chi connectivity index (χ1v) is 6.94. The Labute approximate surface area is 116 Å². The van der Waals surface area contributed by atoms with Crippen LogP contribution in [0.3, 0.4) is 0 Å². The van der Waals surface area contributed by atoms with E-state index in [1.54, 1.807) is 0 Å². The van der Waals surface area contributed by atoms with Gasteiger partial charge in [-0.05, 0) is 31.2 Å². The van der Waals surface area contributed by atoms with E-state index in [4.69, 9.17) is 14.2 Å². The van der Waals surface area contributed by atoms with Crippen molar-refractivity contribution in [3.63, 3.8) is 0 Å². The third-order valence-electron chi connectivity index (χ3n) is 2.58. The van der Waals surface area contributed by atoms with E-state index in [0.717, 1.165) is 25.4 Å². The molecular weight excluding hydrogens is 242 g/mol. The Kier molecular flexibility index (Phi) is 9.06. The summed E-state index contributed by atoms with van der Waals surface area (Å²) in [5, 5.41) is 3.29. The fourth-order valence-corrected chi connectivity index (χ4v) is 1.56. The number of benzene rings is 1. The van der Waals surface area contributed by atoms with Crippen LogP contribution in [0.15, 0.2) is 24.3 Å². The van der Waals surface area contributed by atoms with Gasteiger partial charge >= 0.3 is 0 Å². The summed E-state index contributed by atoms with van der Waals surface area (Å²) in [6, 6.07) is 8.14. The van der Waals surface area contributed by atoms with Gasteiger partial charge in [0.15, 0.2) is 0 Å². The average molecular weight is 267 g/mol. The molecule has 0 bridgehead atoms. The first kappa shape index (κ1) is 16.0. The van der Waals surface area contributed by atoms with Crippen LogP contribution >= 0.6 is 0 Å². The Hall–Kier alpha value is -1.10. The number of nitrogens with one attached hydrogen (secondary N) is 1. The van der Waals surface area contributed by atoms with Crippen LogP contribution in [-0.2, 0) is 16.0 Å². The summed E-state index contributed by atoms with van der Waals surface area (Å²) in [5.41, 5.74) is 1.27. The molecule has 0 atom stereocenters. The van der Waals surface area contributed by atoms with E-state index in [9.17, 15) is 0 Å². The average Bonchev–Trinajstić information content (AvgIpc) is 2.45. The van der Waals surface area contributed by atoms with Crippen molar-refractivity contribution in [2.45, 2.75) is 20.4 Å². The number of rotatable bonds is 11. The Morgan fingerprint density at radius 3 is 2.26 bits per heavy atom. The molecular formula is C15H25NO3. The topological polar surface area (TPSA) is 39.7 Å². The van der Waals surface area contributed by atoms with Gasteiger partial charge < -0.3 is 19.5 Å². The quantitative estimate of drug-likeness (QED) is 0.624. The molecule has 1 N–H and O–H groups in total. The fourth-order valence-electron chi connectivity index (χ4n) is 1.56. The van der Waals surface area contributed by atoms with Crippen LogP contribution in [0.5, 0.6) is 5.75 Å². The molecule has 0 aliphatic rings. The molecule has 4 heteroatoms. The molecule has 0 saturated heterocycles. The predicted octanol–water partition coefficient (Wildman–Crippen LogP) is 2.23. The van der Waals surface area contributed by atoms with E-state index < -0.39 is 0 Å². The Morgan fingerprint density at radius 2 is 1.58 bits per heavy atom. The molecule has 0 radical (unpaired) electrons. The highest BCUT2D eigenvalue weighted by molar-refractivity contribution is 5.27. The molecule has 0 unspecified atom stereocenters. The van der Waals surface area contributed by atoms with Crippen LogP contribution in [0.4, 0.5) is 0 Å². The SMILES string of the molecule is CCNCc1ccc(OCCOCCOCC)cc1. The van der Waals surface area contributed by atoms with Gasteiger partial charge in [-0.2, -0.15) is 0 Å². The van der Waals surface area contributed by atoms with Crippen molar-refractivity contribution in [3.05, 3.63) is 29.8 Å². The maximum atomic E-state index is 5.59. The van der Waals surface area contributed by atoms with E-state index in [2.05, 4.69) is 24.4 Å². The Morgan fingerprint density at radius 1 is 0.895 bits per heavy atom. The van der Waals surface area contributed by atoms with Crippen molar-refractivity contribution in [3.8, 4) is 5.75 Å². The van der Waals surface area contributed by atoms with Crippen LogP contribution in [0.1, 0.15) is 19.4 Å². The maximum absolute atomic E-state index is 5.59. The van der Waals surface area contributed by atoms with Crippen molar-refractivity contribution in [2.24, 2.45) is 0 Å². The first-order valence-electron chi connectivity index (χ1n) is 6.94. The summed E-state index contributed by atoms with van der Waals surface area (Å²) < 4.78 is 16.1. The second-order valence-corrected chi connectivity index (χ2v) is 4.08. The summed E-state index contributed by atoms with van der Waals surface area (Å²) in [4.78, 5) is 0. The normalized spacial score (nSPS) is 10.6. The largest absolute Gasteiger partial charge is 0.491 e. The van der Waals surface area contributed by atoms with Gasteiger partial charge in [0.05, 0.1) is 19.8 Å². The molecule has 0 aliphatic carbocycles. The fraction of sp³-hybridized carbons (Fsp3) is 0.600. The van der Waals surface area contributed by atoms with Gasteiger partial charge in [0, 0.05) is 13.2 Å². The lowest BCUT2D eigenvalue weighted by Gasteiger charge is -2.08. The van der Waals surface area contributed by atoms with Crippen molar-refractivity contribution >= 4 is 0 Å². The van der Waals surface area contributed by atoms with E-state index in [1.807, 2.05) is 19.1 Å². The maximum Gasteiger partial charge on any atom is 0.119 e. The van der Waals surface area contributed by atoms with E-state index in [1.165, 1.54) is 5.56 Å². The zero-order valence-electron chi connectivity index (χ0n) is 12.0. The van der Waals surface area contributed by atoms with Crippen molar-refractivity contribution < 1.29 is 14.2 Å². The molecule has 0 saturated carbocycles. The molecule has 0 aliphatic heterocycles. The zero-order chi connectivity index (χ0) is 13.8. The number of hydrogen-bond donors (Lipinski definition) is 1. The molecule has 0 fully saturated rings. The summed E-state index contributed by atoms with van der Waals surface area (Å²) in [7, 11) is 0. The van der Waals surface area contributed by atoms with Crippen LogP contribution in [0, 0.1) is 0 Å². The first-order chi connectivity index (χ1) is 9.36. The molecule has 0 amide bonds. The minimum Gasteiger partial charge on any atom is -0.491 e. The highest BCUT2D eigenvalue weighted by Gasteiger charge is 1.96. The molecule has 0 aromatic heterocycles. The second kappa shape index (κ2) is 10.8. The minimum atomic E-state index is 0.568. The molecule has 19 heavy (non-hydrogen) atoms. The van der Waals surface area contributed by atoms with Crippen LogP contribution < -0.4 is 10.1 Å². The van der Waals surface area contributed by atoms with Crippen LogP contribution in [0.2, 0.25) is 0 Å². The van der Waals surface area contributed by atoms with E-state index in [0.29, 0.717) is 26.4 Å². The Balaban J connectivity index is 2.09. The van der Waals surface area contributed by atoms with Crippen molar-refractivity contribution in [2.75, 3.05) is 39.6 Å². The number of hydrogen-bond acceptors (Lipinski definition) is 4. The smallest absolute Gasteiger partial charge is 0.119 e. The van der Waals surface area contributed by atoms with E-state index in [-0.39, 0.29) is 0 Å². The summed E-state index contributed by atoms with van der Waals surface area (Å²) >= 11 is 0. The summed E-state index contributed by atoms with van der Waals surface area (Å²) in [5.74, 6) is 0.883. The highest BCUT2D eigenvalue weighted by Crippen LogP contribution is 2.11. The minimum absolute atomic E-state index is 0.568. The molecule has 1 aromatic rings. The highest BCUT2D eigenvalue weighted by atomic mass is 16.5. The zero-order valence-corrected chi connectivity index (χ0v) is 12.0. The van der Waals surface area contributed by atoms with Crippen molar-refractivity contribution in [1.82, 2.24) is 5.32 Å². The molecule has 1 rings (SSSR count). The van der Waals surface area contributed by atoms with Gasteiger partial charge in [0.2, 0.25) is 0 Å². The molecule has 1 aromatic carbocycles. The molecule has 0 spiro atoms. The summed E-state index contributed by atoms with van der Waals surface area (Å²) in [6.07, 6.45) is 0. The standard InChI is InChI=1S/C15H25NO3/c1-3-16-13-14-5-7-15(8-6-14)19-12-11-18-10-9-17-4-2/h5-8,16H,3-4,9-13H2,1-2H3. The van der Waals surface area contributed by atoms with Crippen LogP contribution in [0.25, 0.3) is 0 Å². The third-order valence-corrected chi connectivity index (χ3v) is 2.58. The van der Waals surface area contributed by atoms with Gasteiger partial charge in [0.1, 0.15) is 12.4 Å². The van der Waals surface area contributed by atoms with Gasteiger partial charge in [-0.3, -0.25) is 0 Å². The second-order valence-electron chi connectivity index (χ2n) is 4.08. The lowest BCUT2D eigenvalue weighted by atomic mass is 10.2. The monoisotopic (exact) mass is 267 g/mol. The van der Waals surface area contributed by atoms with Crippen LogP contribution in [-0.4, -0.2) is 39.6 Å². The molecule has 4 nitrogen and oxygen atoms in total. The van der Waals surface area contributed by atoms with Gasteiger partial charge in [0.25, 0.3) is 0 Å². The molecule has 108 valence electrons. The predicted molar refractivity (Wildman–Crippen MR) is 76.6 cm³/mol. The lowest BCUT2D eigenvalue weighted by Crippen LogP contribution is -2.12. The lowest BCUT2D eigenvalue weighted by molar-refractivity contribution is 0.0405. The van der Waals surface area contributed by atoms with Gasteiger partial charge in [-0.1, -0.05) is 19.1 Å². The van der Waals surface area contributed by atoms with Crippen molar-refractivity contribution in [1.29, 1.82) is 0 Å². The van der Waals surface area contributed by atoms with Gasteiger partial charge in [-0.25, -0.2) is 0 Å². The number of ether oxygens (including phenoxy) is 3. The summed E-state index contributed by atoms with van der Waals surface area (Å²) in [6.45, 7) is 9.12. The molecule has 0 heterocycles. The Bertz CT molecular complexity index is 314.